The van der Waals surface area contributed by atoms with Crippen LogP contribution in [-0.4, -0.2) is 26.4 Å². The average Bonchev–Trinajstić information content (AvgIpc) is 2.88. The van der Waals surface area contributed by atoms with Crippen LogP contribution in [0.25, 0.3) is 11.3 Å². The molecule has 5 heteroatoms. The Labute approximate surface area is 102 Å². The van der Waals surface area contributed by atoms with Crippen LogP contribution >= 0.6 is 11.8 Å². The number of carbonyl (C=O) groups is 1. The molecule has 0 spiro atoms. The first-order valence-corrected chi connectivity index (χ1v) is 6.28. The summed E-state index contributed by atoms with van der Waals surface area (Å²) in [7, 11) is 0. The molecule has 0 aliphatic carbocycles. The first-order chi connectivity index (χ1) is 8.27. The third-order valence-electron chi connectivity index (χ3n) is 2.73. The van der Waals surface area contributed by atoms with E-state index in [0.717, 1.165) is 23.0 Å². The summed E-state index contributed by atoms with van der Waals surface area (Å²) in [4.78, 5) is 15.8. The van der Waals surface area contributed by atoms with Gasteiger partial charge in [0.25, 0.3) is 0 Å². The van der Waals surface area contributed by atoms with Gasteiger partial charge in [0.2, 0.25) is 0 Å². The summed E-state index contributed by atoms with van der Waals surface area (Å²) in [6.45, 7) is 0.724. The highest BCUT2D eigenvalue weighted by Crippen LogP contribution is 2.32. The van der Waals surface area contributed by atoms with E-state index in [0.29, 0.717) is 11.4 Å². The van der Waals surface area contributed by atoms with Crippen LogP contribution in [0.15, 0.2) is 35.5 Å². The van der Waals surface area contributed by atoms with E-state index < -0.39 is 5.97 Å². The molecule has 2 heterocycles. The van der Waals surface area contributed by atoms with E-state index in [-0.39, 0.29) is 0 Å². The molecule has 17 heavy (non-hydrogen) atoms. The number of aromatic carboxylic acids is 1. The van der Waals surface area contributed by atoms with E-state index in [2.05, 4.69) is 4.98 Å². The van der Waals surface area contributed by atoms with Gasteiger partial charge in [-0.2, -0.15) is 0 Å². The Balaban J connectivity index is 2.21. The number of nitrogens with zero attached hydrogens (tertiary/aromatic N) is 2. The zero-order valence-corrected chi connectivity index (χ0v) is 9.78. The lowest BCUT2D eigenvalue weighted by molar-refractivity contribution is 0.0685. The molecule has 3 rings (SSSR count). The van der Waals surface area contributed by atoms with Gasteiger partial charge in [0.1, 0.15) is 5.69 Å². The number of aromatic nitrogens is 2. The molecule has 0 amide bonds. The van der Waals surface area contributed by atoms with E-state index in [1.54, 1.807) is 16.3 Å². The van der Waals surface area contributed by atoms with Gasteiger partial charge in [-0.05, 0) is 0 Å². The second-order valence-electron chi connectivity index (χ2n) is 3.76. The van der Waals surface area contributed by atoms with Gasteiger partial charge in [-0.3, -0.25) is 0 Å². The molecule has 1 aromatic heterocycles. The molecule has 2 aromatic rings. The van der Waals surface area contributed by atoms with E-state index in [1.807, 2.05) is 30.3 Å². The molecule has 1 aliphatic rings. The number of benzene rings is 1. The smallest absolute Gasteiger partial charge is 0.354 e. The highest BCUT2D eigenvalue weighted by atomic mass is 32.2. The fraction of sp³-hybridized carbons (Fsp3) is 0.167. The van der Waals surface area contributed by atoms with Crippen molar-refractivity contribution in [3.05, 3.63) is 36.0 Å². The van der Waals surface area contributed by atoms with E-state index in [9.17, 15) is 9.90 Å². The minimum atomic E-state index is -0.912. The molecule has 0 radical (unpaired) electrons. The lowest BCUT2D eigenvalue weighted by Gasteiger charge is -2.02. The number of carboxylic acids is 1. The molecule has 0 atom stereocenters. The first-order valence-electron chi connectivity index (χ1n) is 5.29. The minimum absolute atomic E-state index is 0.302. The second kappa shape index (κ2) is 3.92. The molecule has 86 valence electrons. The molecule has 0 saturated heterocycles. The van der Waals surface area contributed by atoms with Crippen LogP contribution in [0.4, 0.5) is 0 Å². The van der Waals surface area contributed by atoms with Gasteiger partial charge < -0.3 is 9.67 Å². The minimum Gasteiger partial charge on any atom is -0.477 e. The van der Waals surface area contributed by atoms with Gasteiger partial charge in [-0.25, -0.2) is 9.78 Å². The van der Waals surface area contributed by atoms with Crippen molar-refractivity contribution in [3.63, 3.8) is 0 Å². The molecule has 1 N–H and O–H groups in total. The number of imidazole rings is 1. The Kier molecular flexibility index (Phi) is 2.40. The predicted octanol–water partition coefficient (Wildman–Crippen LogP) is 2.35. The molecule has 0 bridgehead atoms. The van der Waals surface area contributed by atoms with Crippen molar-refractivity contribution < 1.29 is 9.90 Å². The van der Waals surface area contributed by atoms with Crippen molar-refractivity contribution in [2.24, 2.45) is 0 Å². The summed E-state index contributed by atoms with van der Waals surface area (Å²) in [6.07, 6.45) is 0. The Morgan fingerprint density at radius 3 is 2.82 bits per heavy atom. The zero-order chi connectivity index (χ0) is 11.8. The summed E-state index contributed by atoms with van der Waals surface area (Å²) in [5, 5.41) is 10.1. The van der Waals surface area contributed by atoms with Crippen LogP contribution in [0, 0.1) is 0 Å². The van der Waals surface area contributed by atoms with Crippen LogP contribution < -0.4 is 0 Å². The number of hydrogen-bond acceptors (Lipinski definition) is 3. The average molecular weight is 246 g/mol. The fourth-order valence-electron chi connectivity index (χ4n) is 1.99. The summed E-state index contributed by atoms with van der Waals surface area (Å²) >= 11 is 1.60. The Morgan fingerprint density at radius 1 is 1.35 bits per heavy atom. The summed E-state index contributed by atoms with van der Waals surface area (Å²) < 4.78 is 1.79. The summed E-state index contributed by atoms with van der Waals surface area (Å²) in [5.74, 6) is -0.0115. The topological polar surface area (TPSA) is 55.1 Å². The monoisotopic (exact) mass is 246 g/mol. The number of rotatable bonds is 2. The maximum atomic E-state index is 11.3. The van der Waals surface area contributed by atoms with Crippen molar-refractivity contribution in [2.45, 2.75) is 11.7 Å². The Bertz CT molecular complexity index is 578. The van der Waals surface area contributed by atoms with Crippen LogP contribution in [0.2, 0.25) is 0 Å². The van der Waals surface area contributed by atoms with Crippen molar-refractivity contribution in [1.82, 2.24) is 9.55 Å². The van der Waals surface area contributed by atoms with Crippen LogP contribution in [-0.2, 0) is 6.54 Å². The largest absolute Gasteiger partial charge is 0.477 e. The third-order valence-corrected chi connectivity index (χ3v) is 3.69. The van der Waals surface area contributed by atoms with Crippen LogP contribution in [0.3, 0.4) is 0 Å². The van der Waals surface area contributed by atoms with Crippen molar-refractivity contribution in [3.8, 4) is 11.3 Å². The lowest BCUT2D eigenvalue weighted by atomic mass is 10.1. The summed E-state index contributed by atoms with van der Waals surface area (Å²) in [5.41, 5.74) is 1.73. The van der Waals surface area contributed by atoms with Crippen LogP contribution in [0.5, 0.6) is 0 Å². The SMILES string of the molecule is O=C(O)c1c(-c2ccccc2)nc2n1CCS2. The summed E-state index contributed by atoms with van der Waals surface area (Å²) in [6, 6.07) is 9.45. The van der Waals surface area contributed by atoms with Crippen LogP contribution in [0.1, 0.15) is 10.5 Å². The molecule has 1 aromatic carbocycles. The molecule has 4 nitrogen and oxygen atoms in total. The Hall–Kier alpha value is -1.75. The second-order valence-corrected chi connectivity index (χ2v) is 4.82. The van der Waals surface area contributed by atoms with E-state index >= 15 is 0 Å². The maximum Gasteiger partial charge on any atom is 0.354 e. The normalized spacial score (nSPS) is 13.6. The van der Waals surface area contributed by atoms with Gasteiger partial charge >= 0.3 is 5.97 Å². The molecule has 0 saturated carbocycles. The quantitative estimate of drug-likeness (QED) is 0.883. The third kappa shape index (κ3) is 1.63. The van der Waals surface area contributed by atoms with E-state index in [1.165, 1.54) is 0 Å². The van der Waals surface area contributed by atoms with Crippen molar-refractivity contribution >= 4 is 17.7 Å². The van der Waals surface area contributed by atoms with Gasteiger partial charge in [0.05, 0.1) is 0 Å². The van der Waals surface area contributed by atoms with E-state index in [4.69, 9.17) is 0 Å². The number of thioether (sulfide) groups is 1. The molecule has 0 fully saturated rings. The predicted molar refractivity (Wildman–Crippen MR) is 65.3 cm³/mol. The van der Waals surface area contributed by atoms with Gasteiger partial charge in [-0.1, -0.05) is 42.1 Å². The zero-order valence-electron chi connectivity index (χ0n) is 8.96. The highest BCUT2D eigenvalue weighted by molar-refractivity contribution is 7.99. The van der Waals surface area contributed by atoms with Gasteiger partial charge in [0, 0.05) is 17.9 Å². The Morgan fingerprint density at radius 2 is 2.12 bits per heavy atom. The molecule has 1 aliphatic heterocycles. The molecular weight excluding hydrogens is 236 g/mol. The lowest BCUT2D eigenvalue weighted by Crippen LogP contribution is -2.08. The molecule has 0 unspecified atom stereocenters. The number of fused-ring (bicyclic) bond motifs is 1. The van der Waals surface area contributed by atoms with Gasteiger partial charge in [-0.15, -0.1) is 0 Å². The van der Waals surface area contributed by atoms with Gasteiger partial charge in [0.15, 0.2) is 10.9 Å². The first kappa shape index (κ1) is 10.4. The molecular formula is C12H10N2O2S. The number of hydrogen-bond donors (Lipinski definition) is 1. The highest BCUT2D eigenvalue weighted by Gasteiger charge is 2.26. The fourth-order valence-corrected chi connectivity index (χ4v) is 2.94. The maximum absolute atomic E-state index is 11.3. The van der Waals surface area contributed by atoms with Crippen molar-refractivity contribution in [2.75, 3.05) is 5.75 Å². The van der Waals surface area contributed by atoms with Crippen molar-refractivity contribution in [1.29, 1.82) is 0 Å². The standard InChI is InChI=1S/C12H10N2O2S/c15-11(16)10-9(8-4-2-1-3-5-8)13-12-14(10)6-7-17-12/h1-5H,6-7H2,(H,15,16). The number of carboxylic acid groups (broad SMARTS) is 1.